The monoisotopic (exact) mass is 167 g/mol. The summed E-state index contributed by atoms with van der Waals surface area (Å²) in [5.74, 6) is -0.671. The maximum absolute atomic E-state index is 12.6. The fourth-order valence-electron chi connectivity index (χ4n) is 0.800. The van der Waals surface area contributed by atoms with Gasteiger partial charge in [-0.15, -0.1) is 6.58 Å². The Labute approximate surface area is 69.9 Å². The lowest BCUT2D eigenvalue weighted by atomic mass is 10.1. The van der Waals surface area contributed by atoms with Crippen LogP contribution in [0.15, 0.2) is 24.9 Å². The van der Waals surface area contributed by atoms with Gasteiger partial charge in [0.1, 0.15) is 0 Å². The van der Waals surface area contributed by atoms with Crippen molar-refractivity contribution in [3.05, 3.63) is 36.4 Å². The molecule has 0 amide bonds. The van der Waals surface area contributed by atoms with Crippen molar-refractivity contribution in [1.82, 2.24) is 4.98 Å². The molecule has 1 aromatic rings. The van der Waals surface area contributed by atoms with Crippen LogP contribution < -0.4 is 11.5 Å². The molecule has 0 aliphatic heterocycles. The van der Waals surface area contributed by atoms with Gasteiger partial charge >= 0.3 is 0 Å². The average Bonchev–Trinajstić information content (AvgIpc) is 2.08. The smallest absolute Gasteiger partial charge is 0.236 e. The van der Waals surface area contributed by atoms with Crippen molar-refractivity contribution >= 4 is 5.69 Å². The summed E-state index contributed by atoms with van der Waals surface area (Å²) in [7, 11) is 0. The molecule has 0 saturated carbocycles. The lowest BCUT2D eigenvalue weighted by Crippen LogP contribution is -2.08. The summed E-state index contributed by atoms with van der Waals surface area (Å²) in [5, 5.41) is 0. The number of anilines is 1. The first-order valence-corrected chi connectivity index (χ1v) is 3.44. The molecule has 0 spiro atoms. The molecule has 0 aliphatic rings. The zero-order chi connectivity index (χ0) is 9.14. The van der Waals surface area contributed by atoms with Gasteiger partial charge < -0.3 is 11.5 Å². The highest BCUT2D eigenvalue weighted by molar-refractivity contribution is 5.40. The van der Waals surface area contributed by atoms with Crippen molar-refractivity contribution < 1.29 is 4.39 Å². The number of hydrogen-bond donors (Lipinski definition) is 2. The topological polar surface area (TPSA) is 64.9 Å². The van der Waals surface area contributed by atoms with E-state index >= 15 is 0 Å². The van der Waals surface area contributed by atoms with E-state index in [1.807, 2.05) is 0 Å². The van der Waals surface area contributed by atoms with Gasteiger partial charge in [-0.05, 0) is 11.6 Å². The van der Waals surface area contributed by atoms with Crippen molar-refractivity contribution in [2.45, 2.75) is 6.04 Å². The fraction of sp³-hybridized carbons (Fsp3) is 0.125. The number of aromatic nitrogens is 1. The minimum atomic E-state index is -0.671. The largest absolute Gasteiger partial charge is 0.395 e. The van der Waals surface area contributed by atoms with Gasteiger partial charge in [0, 0.05) is 12.2 Å². The van der Waals surface area contributed by atoms with Crippen LogP contribution in [0.5, 0.6) is 0 Å². The Morgan fingerprint density at radius 1 is 1.67 bits per heavy atom. The van der Waals surface area contributed by atoms with Crippen LogP contribution in [0.1, 0.15) is 11.6 Å². The minimum absolute atomic E-state index is 0.00444. The van der Waals surface area contributed by atoms with Crippen molar-refractivity contribution in [1.29, 1.82) is 0 Å². The molecule has 0 aliphatic carbocycles. The molecule has 1 atom stereocenters. The number of nitrogens with zero attached hydrogens (tertiary/aromatic N) is 1. The summed E-state index contributed by atoms with van der Waals surface area (Å²) in [6.07, 6.45) is 2.88. The van der Waals surface area contributed by atoms with Gasteiger partial charge in [-0.25, -0.2) is 4.98 Å². The molecule has 1 unspecified atom stereocenters. The molecule has 12 heavy (non-hydrogen) atoms. The molecule has 1 heterocycles. The van der Waals surface area contributed by atoms with E-state index in [0.717, 1.165) is 0 Å². The second-order valence-electron chi connectivity index (χ2n) is 2.41. The summed E-state index contributed by atoms with van der Waals surface area (Å²) in [5.41, 5.74) is 11.5. The third-order valence-electron chi connectivity index (χ3n) is 1.53. The maximum atomic E-state index is 12.6. The number of hydrogen-bond acceptors (Lipinski definition) is 3. The van der Waals surface area contributed by atoms with Gasteiger partial charge in [0.05, 0.1) is 5.69 Å². The van der Waals surface area contributed by atoms with Crippen LogP contribution >= 0.6 is 0 Å². The summed E-state index contributed by atoms with van der Waals surface area (Å²) in [6.45, 7) is 3.50. The van der Waals surface area contributed by atoms with Gasteiger partial charge in [0.15, 0.2) is 0 Å². The lowest BCUT2D eigenvalue weighted by molar-refractivity contribution is 0.586. The summed E-state index contributed by atoms with van der Waals surface area (Å²) in [6, 6.07) is 1.11. The Hall–Kier alpha value is -1.42. The van der Waals surface area contributed by atoms with E-state index in [-0.39, 0.29) is 11.7 Å². The summed E-state index contributed by atoms with van der Waals surface area (Å²) >= 11 is 0. The SMILES string of the molecule is C=CC(N)c1cnc(F)c(N)c1. The van der Waals surface area contributed by atoms with Gasteiger partial charge in [-0.2, -0.15) is 4.39 Å². The Kier molecular flexibility index (Phi) is 2.40. The molecule has 0 bridgehead atoms. The molecule has 0 fully saturated rings. The standard InChI is InChI=1S/C8H10FN3/c1-2-6(10)5-3-7(11)8(9)12-4-5/h2-4,6H,1,10-11H2. The summed E-state index contributed by atoms with van der Waals surface area (Å²) in [4.78, 5) is 3.43. The predicted molar refractivity (Wildman–Crippen MR) is 45.7 cm³/mol. The van der Waals surface area contributed by atoms with Crippen LogP contribution in [0.3, 0.4) is 0 Å². The molecule has 0 radical (unpaired) electrons. The van der Waals surface area contributed by atoms with Crippen LogP contribution in [-0.2, 0) is 0 Å². The fourth-order valence-corrected chi connectivity index (χ4v) is 0.800. The van der Waals surface area contributed by atoms with E-state index in [1.165, 1.54) is 18.3 Å². The van der Waals surface area contributed by atoms with Crippen LogP contribution in [0.4, 0.5) is 10.1 Å². The van der Waals surface area contributed by atoms with Crippen LogP contribution in [-0.4, -0.2) is 4.98 Å². The second-order valence-corrected chi connectivity index (χ2v) is 2.41. The highest BCUT2D eigenvalue weighted by atomic mass is 19.1. The molecule has 4 N–H and O–H groups in total. The van der Waals surface area contributed by atoms with Gasteiger partial charge in [0.25, 0.3) is 0 Å². The van der Waals surface area contributed by atoms with E-state index < -0.39 is 5.95 Å². The first kappa shape index (κ1) is 8.67. The van der Waals surface area contributed by atoms with E-state index in [9.17, 15) is 4.39 Å². The molecule has 0 saturated heterocycles. The summed E-state index contributed by atoms with van der Waals surface area (Å²) < 4.78 is 12.6. The molecular formula is C8H10FN3. The number of pyridine rings is 1. The van der Waals surface area contributed by atoms with Crippen LogP contribution in [0, 0.1) is 5.95 Å². The van der Waals surface area contributed by atoms with E-state index in [1.54, 1.807) is 0 Å². The Morgan fingerprint density at radius 3 is 2.83 bits per heavy atom. The van der Waals surface area contributed by atoms with Crippen LogP contribution in [0.2, 0.25) is 0 Å². The molecule has 1 rings (SSSR count). The van der Waals surface area contributed by atoms with E-state index in [0.29, 0.717) is 5.56 Å². The normalized spacial score (nSPS) is 12.5. The number of nitrogens with two attached hydrogens (primary N) is 2. The third-order valence-corrected chi connectivity index (χ3v) is 1.53. The van der Waals surface area contributed by atoms with Crippen molar-refractivity contribution in [3.63, 3.8) is 0 Å². The lowest BCUT2D eigenvalue weighted by Gasteiger charge is -2.06. The van der Waals surface area contributed by atoms with Crippen molar-refractivity contribution in [3.8, 4) is 0 Å². The first-order valence-electron chi connectivity index (χ1n) is 3.44. The predicted octanol–water partition coefficient (Wildman–Crippen LogP) is 0.989. The van der Waals surface area contributed by atoms with Gasteiger partial charge in [-0.3, -0.25) is 0 Å². The molecule has 3 nitrogen and oxygen atoms in total. The third kappa shape index (κ3) is 1.60. The van der Waals surface area contributed by atoms with E-state index in [2.05, 4.69) is 11.6 Å². The van der Waals surface area contributed by atoms with Crippen molar-refractivity contribution in [2.75, 3.05) is 5.73 Å². The molecule has 1 aromatic heterocycles. The number of nitrogen functional groups attached to an aromatic ring is 1. The Morgan fingerprint density at radius 2 is 2.33 bits per heavy atom. The van der Waals surface area contributed by atoms with Gasteiger partial charge in [-0.1, -0.05) is 6.08 Å². The van der Waals surface area contributed by atoms with Crippen molar-refractivity contribution in [2.24, 2.45) is 5.73 Å². The Balaban J connectivity index is 3.04. The Bertz CT molecular complexity index is 298. The highest BCUT2D eigenvalue weighted by Gasteiger charge is 2.05. The second kappa shape index (κ2) is 3.32. The quantitative estimate of drug-likeness (QED) is 0.510. The zero-order valence-electron chi connectivity index (χ0n) is 6.50. The molecular weight excluding hydrogens is 157 g/mol. The number of rotatable bonds is 2. The number of halogens is 1. The van der Waals surface area contributed by atoms with Gasteiger partial charge in [0.2, 0.25) is 5.95 Å². The zero-order valence-corrected chi connectivity index (χ0v) is 6.50. The molecule has 0 aromatic carbocycles. The average molecular weight is 167 g/mol. The molecule has 64 valence electrons. The maximum Gasteiger partial charge on any atom is 0.236 e. The molecule has 4 heteroatoms. The van der Waals surface area contributed by atoms with Crippen LogP contribution in [0.25, 0.3) is 0 Å². The van der Waals surface area contributed by atoms with E-state index in [4.69, 9.17) is 11.5 Å². The minimum Gasteiger partial charge on any atom is -0.395 e. The highest BCUT2D eigenvalue weighted by Crippen LogP contribution is 2.14. The first-order chi connectivity index (χ1) is 5.65.